The molecule has 0 aliphatic heterocycles. The Morgan fingerprint density at radius 1 is 1.29 bits per heavy atom. The molecule has 0 radical (unpaired) electrons. The van der Waals surface area contributed by atoms with Crippen LogP contribution >= 0.6 is 0 Å². The van der Waals surface area contributed by atoms with Crippen molar-refractivity contribution in [2.75, 3.05) is 13.2 Å². The third-order valence-electron chi connectivity index (χ3n) is 4.28. The highest BCUT2D eigenvalue weighted by Gasteiger charge is 2.14. The fourth-order valence-corrected chi connectivity index (χ4v) is 2.97. The van der Waals surface area contributed by atoms with Crippen LogP contribution in [0, 0.1) is 13.8 Å². The summed E-state index contributed by atoms with van der Waals surface area (Å²) in [6.07, 6.45) is 1.61. The van der Waals surface area contributed by atoms with Crippen LogP contribution in [0.5, 0.6) is 0 Å². The van der Waals surface area contributed by atoms with Crippen molar-refractivity contribution in [1.82, 2.24) is 19.9 Å². The molecule has 0 spiro atoms. The zero-order valence-electron chi connectivity index (χ0n) is 14.0. The second-order valence-electron chi connectivity index (χ2n) is 5.94. The minimum atomic E-state index is -0.00651. The number of aromatic nitrogens is 3. The van der Waals surface area contributed by atoms with Gasteiger partial charge in [-0.3, -0.25) is 4.79 Å². The first-order chi connectivity index (χ1) is 11.6. The van der Waals surface area contributed by atoms with Crippen molar-refractivity contribution in [3.8, 4) is 0 Å². The van der Waals surface area contributed by atoms with E-state index in [2.05, 4.69) is 10.4 Å². The molecule has 0 unspecified atom stereocenters. The summed E-state index contributed by atoms with van der Waals surface area (Å²) in [5.74, 6) is -0.00651. The lowest BCUT2D eigenvalue weighted by Crippen LogP contribution is -2.25. The molecule has 1 aromatic carbocycles. The van der Waals surface area contributed by atoms with Crippen LogP contribution in [0.4, 0.5) is 0 Å². The highest BCUT2D eigenvalue weighted by atomic mass is 16.3. The van der Waals surface area contributed by atoms with Gasteiger partial charge >= 0.3 is 0 Å². The zero-order valence-corrected chi connectivity index (χ0v) is 14.0. The number of amides is 1. The lowest BCUT2D eigenvalue weighted by Gasteiger charge is -2.11. The van der Waals surface area contributed by atoms with Crippen LogP contribution < -0.4 is 5.32 Å². The molecule has 3 rings (SSSR count). The van der Waals surface area contributed by atoms with Crippen LogP contribution in [0.25, 0.3) is 16.6 Å². The van der Waals surface area contributed by atoms with Gasteiger partial charge in [-0.25, -0.2) is 9.50 Å². The molecule has 0 saturated carbocycles. The first-order valence-electron chi connectivity index (χ1n) is 8.23. The zero-order chi connectivity index (χ0) is 17.1. The molecule has 2 aromatic heterocycles. The predicted octanol–water partition coefficient (Wildman–Crippen LogP) is 1.93. The SMILES string of the molecule is Cc1nc2c3ccccc3nn2c(C)c1CCC(=O)NCCCO. The largest absolute Gasteiger partial charge is 0.396 e. The van der Waals surface area contributed by atoms with Crippen molar-refractivity contribution < 1.29 is 9.90 Å². The summed E-state index contributed by atoms with van der Waals surface area (Å²) in [5, 5.41) is 17.2. The maximum Gasteiger partial charge on any atom is 0.220 e. The minimum Gasteiger partial charge on any atom is -0.396 e. The normalized spacial score (nSPS) is 11.3. The Bertz CT molecular complexity index is 885. The second-order valence-corrected chi connectivity index (χ2v) is 5.94. The number of nitrogens with zero attached hydrogens (tertiary/aromatic N) is 3. The van der Waals surface area contributed by atoms with Gasteiger partial charge in [0.1, 0.15) is 0 Å². The fraction of sp³-hybridized carbons (Fsp3) is 0.389. The first kappa shape index (κ1) is 16.4. The number of fused-ring (bicyclic) bond motifs is 3. The highest BCUT2D eigenvalue weighted by Crippen LogP contribution is 2.22. The number of aliphatic hydroxyl groups excluding tert-OH is 1. The van der Waals surface area contributed by atoms with E-state index in [1.54, 1.807) is 0 Å². The maximum atomic E-state index is 11.9. The summed E-state index contributed by atoms with van der Waals surface area (Å²) in [6.45, 7) is 4.60. The Morgan fingerprint density at radius 2 is 2.08 bits per heavy atom. The average molecular weight is 326 g/mol. The topological polar surface area (TPSA) is 79.5 Å². The molecule has 2 heterocycles. The van der Waals surface area contributed by atoms with Crippen molar-refractivity contribution in [2.24, 2.45) is 0 Å². The van der Waals surface area contributed by atoms with Gasteiger partial charge < -0.3 is 10.4 Å². The van der Waals surface area contributed by atoms with Crippen molar-refractivity contribution >= 4 is 22.5 Å². The second kappa shape index (κ2) is 6.97. The maximum absolute atomic E-state index is 11.9. The van der Waals surface area contributed by atoms with E-state index >= 15 is 0 Å². The van der Waals surface area contributed by atoms with Crippen LogP contribution in [-0.4, -0.2) is 38.8 Å². The van der Waals surface area contributed by atoms with E-state index < -0.39 is 0 Å². The summed E-state index contributed by atoms with van der Waals surface area (Å²) in [4.78, 5) is 16.6. The lowest BCUT2D eigenvalue weighted by molar-refractivity contribution is -0.121. The number of aryl methyl sites for hydroxylation is 2. The van der Waals surface area contributed by atoms with E-state index in [0.717, 1.165) is 33.5 Å². The first-order valence-corrected chi connectivity index (χ1v) is 8.23. The smallest absolute Gasteiger partial charge is 0.220 e. The van der Waals surface area contributed by atoms with Gasteiger partial charge in [-0.2, -0.15) is 5.10 Å². The summed E-state index contributed by atoms with van der Waals surface area (Å²) < 4.78 is 1.87. The molecule has 0 bridgehead atoms. The molecule has 1 amide bonds. The number of carbonyl (C=O) groups is 1. The van der Waals surface area contributed by atoms with Gasteiger partial charge in [-0.15, -0.1) is 0 Å². The molecule has 0 aliphatic carbocycles. The average Bonchev–Trinajstić information content (AvgIpc) is 2.94. The van der Waals surface area contributed by atoms with Crippen LogP contribution in [0.2, 0.25) is 0 Å². The quantitative estimate of drug-likeness (QED) is 0.678. The van der Waals surface area contributed by atoms with Crippen LogP contribution in [0.3, 0.4) is 0 Å². The van der Waals surface area contributed by atoms with E-state index in [4.69, 9.17) is 10.1 Å². The van der Waals surface area contributed by atoms with Crippen LogP contribution in [0.15, 0.2) is 24.3 Å². The molecule has 6 nitrogen and oxygen atoms in total. The van der Waals surface area contributed by atoms with E-state index in [9.17, 15) is 4.79 Å². The molecule has 3 aromatic rings. The number of nitrogens with one attached hydrogen (secondary N) is 1. The Hall–Kier alpha value is -2.47. The number of rotatable bonds is 6. The number of hydrogen-bond acceptors (Lipinski definition) is 4. The number of carbonyl (C=O) groups excluding carboxylic acids is 1. The van der Waals surface area contributed by atoms with Crippen LogP contribution in [0.1, 0.15) is 29.8 Å². The Kier molecular flexibility index (Phi) is 4.76. The number of hydrogen-bond donors (Lipinski definition) is 2. The summed E-state index contributed by atoms with van der Waals surface area (Å²) in [5.41, 5.74) is 4.81. The molecule has 126 valence electrons. The van der Waals surface area contributed by atoms with Crippen molar-refractivity contribution in [3.05, 3.63) is 41.2 Å². The van der Waals surface area contributed by atoms with Gasteiger partial charge in [0.05, 0.1) is 5.52 Å². The van der Waals surface area contributed by atoms with E-state index in [0.29, 0.717) is 25.8 Å². The molecule has 2 N–H and O–H groups in total. The van der Waals surface area contributed by atoms with Crippen molar-refractivity contribution in [3.63, 3.8) is 0 Å². The van der Waals surface area contributed by atoms with Gasteiger partial charge in [0.25, 0.3) is 0 Å². The summed E-state index contributed by atoms with van der Waals surface area (Å²) >= 11 is 0. The van der Waals surface area contributed by atoms with Gasteiger partial charge in [0.2, 0.25) is 5.91 Å². The Morgan fingerprint density at radius 3 is 2.88 bits per heavy atom. The standard InChI is InChI=1S/C18H22N4O2/c1-12-14(8-9-17(24)19-10-5-11-23)13(2)22-18(20-12)15-6-3-4-7-16(15)21-22/h3-4,6-7,23H,5,8-11H2,1-2H3,(H,19,24). The van der Waals surface area contributed by atoms with E-state index in [1.165, 1.54) is 0 Å². The van der Waals surface area contributed by atoms with Crippen molar-refractivity contribution in [2.45, 2.75) is 33.1 Å². The Labute approximate surface area is 140 Å². The molecule has 0 fully saturated rings. The third-order valence-corrected chi connectivity index (χ3v) is 4.28. The number of benzene rings is 1. The molecule has 24 heavy (non-hydrogen) atoms. The molecule has 0 aliphatic rings. The summed E-state index contributed by atoms with van der Waals surface area (Å²) in [7, 11) is 0. The molecule has 0 saturated heterocycles. The fourth-order valence-electron chi connectivity index (χ4n) is 2.97. The summed E-state index contributed by atoms with van der Waals surface area (Å²) in [6, 6.07) is 7.96. The highest BCUT2D eigenvalue weighted by molar-refractivity contribution is 5.92. The van der Waals surface area contributed by atoms with Gasteiger partial charge in [0, 0.05) is 36.3 Å². The molecule has 0 atom stereocenters. The van der Waals surface area contributed by atoms with Gasteiger partial charge in [0.15, 0.2) is 5.65 Å². The van der Waals surface area contributed by atoms with Crippen LogP contribution in [-0.2, 0) is 11.2 Å². The third kappa shape index (κ3) is 3.10. The van der Waals surface area contributed by atoms with Crippen molar-refractivity contribution in [1.29, 1.82) is 0 Å². The minimum absolute atomic E-state index is 0.00651. The predicted molar refractivity (Wildman–Crippen MR) is 93.0 cm³/mol. The van der Waals surface area contributed by atoms with E-state index in [-0.39, 0.29) is 12.5 Å². The monoisotopic (exact) mass is 326 g/mol. The molecular formula is C18H22N4O2. The molecule has 6 heteroatoms. The van der Waals surface area contributed by atoms with Gasteiger partial charge in [-0.05, 0) is 44.4 Å². The van der Waals surface area contributed by atoms with E-state index in [1.807, 2.05) is 42.6 Å². The molecular weight excluding hydrogens is 304 g/mol. The Balaban J connectivity index is 1.86. The lowest BCUT2D eigenvalue weighted by atomic mass is 10.1. The number of aliphatic hydroxyl groups is 1. The van der Waals surface area contributed by atoms with Gasteiger partial charge in [-0.1, -0.05) is 12.1 Å².